The summed E-state index contributed by atoms with van der Waals surface area (Å²) in [5.41, 5.74) is 1.47. The Morgan fingerprint density at radius 1 is 1.35 bits per heavy atom. The molecule has 0 bridgehead atoms. The second kappa shape index (κ2) is 5.88. The normalized spacial score (nSPS) is 21.3. The molecule has 1 aliphatic carbocycles. The monoisotopic (exact) mass is 338 g/mol. The van der Waals surface area contributed by atoms with Crippen LogP contribution in [-0.4, -0.2) is 29.1 Å². The van der Waals surface area contributed by atoms with Crippen LogP contribution in [0.4, 0.5) is 8.78 Å². The summed E-state index contributed by atoms with van der Waals surface area (Å²) in [6, 6.07) is 3.15. The zero-order valence-electron chi connectivity index (χ0n) is 12.7. The van der Waals surface area contributed by atoms with E-state index in [0.29, 0.717) is 21.9 Å². The maximum absolute atomic E-state index is 13.6. The molecule has 23 heavy (non-hydrogen) atoms. The fraction of sp³-hybridized carbons (Fsp3) is 0.375. The molecule has 2 aliphatic rings. The van der Waals surface area contributed by atoms with Crippen LogP contribution in [0.5, 0.6) is 0 Å². The number of halogens is 2. The summed E-state index contributed by atoms with van der Waals surface area (Å²) in [4.78, 5) is 14.2. The molecule has 0 unspecified atom stereocenters. The van der Waals surface area contributed by atoms with E-state index in [1.54, 1.807) is 6.92 Å². The molecule has 1 heterocycles. The van der Waals surface area contributed by atoms with E-state index >= 15 is 0 Å². The van der Waals surface area contributed by atoms with Crippen LogP contribution in [0.1, 0.15) is 31.4 Å². The lowest BCUT2D eigenvalue weighted by Crippen LogP contribution is -2.48. The third-order valence-electron chi connectivity index (χ3n) is 4.12. The Hall–Kier alpha value is -2.02. The number of thiocarbonyl (C=S) groups is 1. The molecule has 1 aromatic carbocycles. The average Bonchev–Trinajstić information content (AvgIpc) is 3.33. The molecule has 0 spiro atoms. The molecular weight excluding hydrogens is 322 g/mol. The summed E-state index contributed by atoms with van der Waals surface area (Å²) in [7, 11) is 1.29. The van der Waals surface area contributed by atoms with E-state index in [-0.39, 0.29) is 6.04 Å². The van der Waals surface area contributed by atoms with Crippen LogP contribution in [0.3, 0.4) is 0 Å². The van der Waals surface area contributed by atoms with E-state index in [2.05, 4.69) is 5.32 Å². The number of hydrogen-bond donors (Lipinski definition) is 1. The van der Waals surface area contributed by atoms with Crippen molar-refractivity contribution in [1.82, 2.24) is 10.2 Å². The number of methoxy groups -OCH3 is 1. The molecule has 1 aromatic rings. The Labute approximate surface area is 138 Å². The first-order valence-electron chi connectivity index (χ1n) is 7.27. The molecule has 1 fully saturated rings. The van der Waals surface area contributed by atoms with Crippen molar-refractivity contribution in [3.8, 4) is 0 Å². The van der Waals surface area contributed by atoms with Crippen LogP contribution in [-0.2, 0) is 9.53 Å². The van der Waals surface area contributed by atoms with Gasteiger partial charge in [-0.1, -0.05) is 6.07 Å². The van der Waals surface area contributed by atoms with Crippen molar-refractivity contribution in [2.75, 3.05) is 7.11 Å². The molecule has 0 radical (unpaired) electrons. The molecular formula is C16H16F2N2O2S. The van der Waals surface area contributed by atoms with Crippen molar-refractivity contribution in [2.45, 2.75) is 31.8 Å². The molecule has 4 nitrogen and oxygen atoms in total. The number of hydrogen-bond acceptors (Lipinski definition) is 3. The lowest BCUT2D eigenvalue weighted by Gasteiger charge is -2.37. The van der Waals surface area contributed by atoms with Crippen LogP contribution in [0.25, 0.3) is 0 Å². The predicted molar refractivity (Wildman–Crippen MR) is 84.4 cm³/mol. The Kier molecular flexibility index (Phi) is 4.06. The van der Waals surface area contributed by atoms with Crippen molar-refractivity contribution in [3.63, 3.8) is 0 Å². The Balaban J connectivity index is 2.08. The molecule has 1 saturated carbocycles. The summed E-state index contributed by atoms with van der Waals surface area (Å²) in [5.74, 6) is -2.42. The van der Waals surface area contributed by atoms with Crippen LogP contribution in [0, 0.1) is 11.6 Å². The van der Waals surface area contributed by atoms with Gasteiger partial charge in [-0.25, -0.2) is 13.6 Å². The number of nitrogens with one attached hydrogen (secondary N) is 1. The summed E-state index contributed by atoms with van der Waals surface area (Å²) < 4.78 is 31.6. The Morgan fingerprint density at radius 3 is 2.61 bits per heavy atom. The van der Waals surface area contributed by atoms with E-state index in [1.807, 2.05) is 4.90 Å². The fourth-order valence-corrected chi connectivity index (χ4v) is 3.25. The van der Waals surface area contributed by atoms with Crippen molar-refractivity contribution < 1.29 is 18.3 Å². The van der Waals surface area contributed by atoms with Crippen LogP contribution < -0.4 is 5.32 Å². The highest BCUT2D eigenvalue weighted by Gasteiger charge is 2.40. The largest absolute Gasteiger partial charge is 0.466 e. The van der Waals surface area contributed by atoms with Crippen molar-refractivity contribution in [2.24, 2.45) is 0 Å². The molecule has 7 heteroatoms. The average molecular weight is 338 g/mol. The van der Waals surface area contributed by atoms with Gasteiger partial charge in [0.05, 0.1) is 18.7 Å². The number of nitrogens with zero attached hydrogens (tertiary/aromatic N) is 1. The first-order valence-corrected chi connectivity index (χ1v) is 7.68. The highest BCUT2D eigenvalue weighted by molar-refractivity contribution is 7.80. The van der Waals surface area contributed by atoms with Gasteiger partial charge in [0, 0.05) is 11.7 Å². The minimum atomic E-state index is -0.971. The zero-order valence-corrected chi connectivity index (χ0v) is 13.5. The first-order chi connectivity index (χ1) is 10.9. The number of allylic oxidation sites excluding steroid dienone is 1. The van der Waals surface area contributed by atoms with Gasteiger partial charge in [0.2, 0.25) is 0 Å². The summed E-state index contributed by atoms with van der Waals surface area (Å²) >= 11 is 5.39. The number of rotatable bonds is 3. The van der Waals surface area contributed by atoms with Gasteiger partial charge >= 0.3 is 5.97 Å². The summed E-state index contributed by atoms with van der Waals surface area (Å²) in [5, 5.41) is 3.54. The molecule has 1 N–H and O–H groups in total. The Morgan fingerprint density at radius 2 is 2.04 bits per heavy atom. The maximum Gasteiger partial charge on any atom is 0.337 e. The first kappa shape index (κ1) is 15.9. The quantitative estimate of drug-likeness (QED) is 0.678. The number of benzene rings is 1. The number of ether oxygens (including phenoxy) is 1. The van der Waals surface area contributed by atoms with Gasteiger partial charge in [0.1, 0.15) is 0 Å². The minimum Gasteiger partial charge on any atom is -0.466 e. The topological polar surface area (TPSA) is 41.6 Å². The van der Waals surface area contributed by atoms with E-state index in [0.717, 1.165) is 25.0 Å². The van der Waals surface area contributed by atoms with Gasteiger partial charge in [0.15, 0.2) is 16.7 Å². The molecule has 1 atom stereocenters. The van der Waals surface area contributed by atoms with Crippen molar-refractivity contribution >= 4 is 23.3 Å². The SMILES string of the molecule is COC(=O)C1=C(C)N(C2CC2)C(=S)N[C@@H]1c1ccc(F)c(F)c1. The van der Waals surface area contributed by atoms with Gasteiger partial charge in [-0.15, -0.1) is 0 Å². The molecule has 1 aliphatic heterocycles. The van der Waals surface area contributed by atoms with Gasteiger partial charge in [-0.3, -0.25) is 0 Å². The number of esters is 1. The van der Waals surface area contributed by atoms with Crippen LogP contribution in [0.2, 0.25) is 0 Å². The lowest BCUT2D eigenvalue weighted by molar-refractivity contribution is -0.136. The highest BCUT2D eigenvalue weighted by Crippen LogP contribution is 2.38. The third-order valence-corrected chi connectivity index (χ3v) is 4.44. The fourth-order valence-electron chi connectivity index (χ4n) is 2.85. The lowest BCUT2D eigenvalue weighted by atomic mass is 9.95. The maximum atomic E-state index is 13.6. The molecule has 0 aromatic heterocycles. The van der Waals surface area contributed by atoms with Gasteiger partial charge in [0.25, 0.3) is 0 Å². The van der Waals surface area contributed by atoms with Gasteiger partial charge < -0.3 is 15.0 Å². The van der Waals surface area contributed by atoms with Crippen molar-refractivity contribution in [1.29, 1.82) is 0 Å². The van der Waals surface area contributed by atoms with Crippen molar-refractivity contribution in [3.05, 3.63) is 46.7 Å². The Bertz CT molecular complexity index is 716. The van der Waals surface area contributed by atoms with Crippen LogP contribution in [0.15, 0.2) is 29.5 Å². The van der Waals surface area contributed by atoms with Crippen LogP contribution >= 0.6 is 12.2 Å². The van der Waals surface area contributed by atoms with E-state index in [9.17, 15) is 13.6 Å². The van der Waals surface area contributed by atoms with E-state index in [4.69, 9.17) is 17.0 Å². The van der Waals surface area contributed by atoms with E-state index < -0.39 is 23.6 Å². The number of carbonyl (C=O) groups is 1. The number of carbonyl (C=O) groups excluding carboxylic acids is 1. The van der Waals surface area contributed by atoms with Gasteiger partial charge in [-0.2, -0.15) is 0 Å². The standard InChI is InChI=1S/C16H16F2N2O2S/c1-8-13(15(21)22-2)14(9-3-6-11(17)12(18)7-9)19-16(23)20(8)10-4-5-10/h3,6-7,10,14H,4-5H2,1-2H3,(H,19,23)/t14-/m1/s1. The minimum absolute atomic E-state index is 0.278. The smallest absolute Gasteiger partial charge is 0.337 e. The zero-order chi connectivity index (χ0) is 16.7. The molecule has 3 rings (SSSR count). The van der Waals surface area contributed by atoms with E-state index in [1.165, 1.54) is 13.2 Å². The second-order valence-corrected chi connectivity index (χ2v) is 6.03. The molecule has 122 valence electrons. The molecule has 0 saturated heterocycles. The highest BCUT2D eigenvalue weighted by atomic mass is 32.1. The second-order valence-electron chi connectivity index (χ2n) is 5.65. The summed E-state index contributed by atoms with van der Waals surface area (Å²) in [6.45, 7) is 1.80. The summed E-state index contributed by atoms with van der Waals surface area (Å²) in [6.07, 6.45) is 2.01. The molecule has 0 amide bonds. The van der Waals surface area contributed by atoms with Gasteiger partial charge in [-0.05, 0) is 49.7 Å². The third kappa shape index (κ3) is 2.81. The predicted octanol–water partition coefficient (Wildman–Crippen LogP) is 2.81.